The maximum absolute atomic E-state index is 13.2. The maximum atomic E-state index is 13.2. The van der Waals surface area contributed by atoms with Gasteiger partial charge in [-0.3, -0.25) is 4.79 Å². The van der Waals surface area contributed by atoms with E-state index in [2.05, 4.69) is 5.32 Å². The van der Waals surface area contributed by atoms with Crippen LogP contribution >= 0.6 is 12.4 Å². The number of hydrogen-bond acceptors (Lipinski definition) is 2. The number of halogens is 1. The quantitative estimate of drug-likeness (QED) is 0.938. The van der Waals surface area contributed by atoms with Crippen LogP contribution in [0, 0.1) is 0 Å². The molecular formula is C19H23ClN2O. The first kappa shape index (κ1) is 17.5. The first-order chi connectivity index (χ1) is 10.9. The fourth-order valence-electron chi connectivity index (χ4n) is 3.02. The summed E-state index contributed by atoms with van der Waals surface area (Å²) in [4.78, 5) is 15.2. The third-order valence-corrected chi connectivity index (χ3v) is 4.16. The molecule has 3 nitrogen and oxygen atoms in total. The molecule has 2 aromatic carbocycles. The molecule has 1 heterocycles. The zero-order chi connectivity index (χ0) is 15.2. The van der Waals surface area contributed by atoms with E-state index in [9.17, 15) is 4.79 Å². The standard InChI is InChI=1S/C19H22N2O.ClH/c22-19(21-14-7-12-20-13-15-21)18(16-8-3-1-4-9-16)17-10-5-2-6-11-17;/h1-6,8-11,18,20H,7,12-15H2;1H. The van der Waals surface area contributed by atoms with Gasteiger partial charge in [-0.15, -0.1) is 12.4 Å². The monoisotopic (exact) mass is 330 g/mol. The summed E-state index contributed by atoms with van der Waals surface area (Å²) in [6.45, 7) is 3.49. The number of amides is 1. The van der Waals surface area contributed by atoms with Crippen molar-refractivity contribution in [2.45, 2.75) is 12.3 Å². The molecule has 4 heteroatoms. The highest BCUT2D eigenvalue weighted by molar-refractivity contribution is 5.87. The van der Waals surface area contributed by atoms with Crippen molar-refractivity contribution in [2.75, 3.05) is 26.2 Å². The average molecular weight is 331 g/mol. The third-order valence-electron chi connectivity index (χ3n) is 4.16. The van der Waals surface area contributed by atoms with Crippen molar-refractivity contribution in [3.05, 3.63) is 71.8 Å². The van der Waals surface area contributed by atoms with E-state index in [0.717, 1.165) is 43.7 Å². The number of rotatable bonds is 3. The highest BCUT2D eigenvalue weighted by Gasteiger charge is 2.27. The fourth-order valence-corrected chi connectivity index (χ4v) is 3.02. The van der Waals surface area contributed by atoms with Crippen molar-refractivity contribution in [1.82, 2.24) is 10.2 Å². The molecule has 1 aliphatic heterocycles. The predicted octanol–water partition coefficient (Wildman–Crippen LogP) is 3.06. The van der Waals surface area contributed by atoms with Crippen molar-refractivity contribution < 1.29 is 4.79 Å². The minimum atomic E-state index is -0.208. The molecule has 3 rings (SSSR count). The van der Waals surface area contributed by atoms with Gasteiger partial charge in [0, 0.05) is 19.6 Å². The van der Waals surface area contributed by atoms with Crippen LogP contribution in [0.25, 0.3) is 0 Å². The summed E-state index contributed by atoms with van der Waals surface area (Å²) >= 11 is 0. The van der Waals surface area contributed by atoms with Gasteiger partial charge in [-0.25, -0.2) is 0 Å². The predicted molar refractivity (Wildman–Crippen MR) is 96.0 cm³/mol. The third kappa shape index (κ3) is 4.34. The molecule has 0 aliphatic carbocycles. The van der Waals surface area contributed by atoms with Gasteiger partial charge < -0.3 is 10.2 Å². The molecule has 23 heavy (non-hydrogen) atoms. The lowest BCUT2D eigenvalue weighted by Gasteiger charge is -2.26. The van der Waals surface area contributed by atoms with E-state index in [0.29, 0.717) is 0 Å². The van der Waals surface area contributed by atoms with Crippen LogP contribution in [-0.2, 0) is 4.79 Å². The molecular weight excluding hydrogens is 308 g/mol. The summed E-state index contributed by atoms with van der Waals surface area (Å²) in [6, 6.07) is 20.2. The van der Waals surface area contributed by atoms with Crippen LogP contribution in [0.4, 0.5) is 0 Å². The van der Waals surface area contributed by atoms with E-state index in [1.54, 1.807) is 0 Å². The molecule has 1 fully saturated rings. The second-order valence-corrected chi connectivity index (χ2v) is 5.68. The molecule has 122 valence electrons. The fraction of sp³-hybridized carbons (Fsp3) is 0.316. The van der Waals surface area contributed by atoms with Crippen LogP contribution in [0.3, 0.4) is 0 Å². The summed E-state index contributed by atoms with van der Waals surface area (Å²) in [7, 11) is 0. The smallest absolute Gasteiger partial charge is 0.234 e. The van der Waals surface area contributed by atoms with Crippen LogP contribution in [0.1, 0.15) is 23.5 Å². The largest absolute Gasteiger partial charge is 0.341 e. The van der Waals surface area contributed by atoms with Gasteiger partial charge in [-0.2, -0.15) is 0 Å². The van der Waals surface area contributed by atoms with Crippen molar-refractivity contribution in [1.29, 1.82) is 0 Å². The van der Waals surface area contributed by atoms with Gasteiger partial charge in [0.15, 0.2) is 0 Å². The zero-order valence-corrected chi connectivity index (χ0v) is 14.0. The molecule has 0 spiro atoms. The normalized spacial score (nSPS) is 14.9. The van der Waals surface area contributed by atoms with Gasteiger partial charge >= 0.3 is 0 Å². The number of carbonyl (C=O) groups excluding carboxylic acids is 1. The molecule has 0 atom stereocenters. The minimum Gasteiger partial charge on any atom is -0.341 e. The van der Waals surface area contributed by atoms with Gasteiger partial charge in [-0.1, -0.05) is 60.7 Å². The van der Waals surface area contributed by atoms with Crippen molar-refractivity contribution in [3.63, 3.8) is 0 Å². The Hall–Kier alpha value is -1.84. The maximum Gasteiger partial charge on any atom is 0.234 e. The minimum absolute atomic E-state index is 0. The lowest BCUT2D eigenvalue weighted by Crippen LogP contribution is -2.38. The van der Waals surface area contributed by atoms with E-state index < -0.39 is 0 Å². The second-order valence-electron chi connectivity index (χ2n) is 5.68. The summed E-state index contributed by atoms with van der Waals surface area (Å²) in [5.74, 6) is 0.00148. The Kier molecular flexibility index (Phi) is 6.63. The first-order valence-corrected chi connectivity index (χ1v) is 7.95. The Morgan fingerprint density at radius 2 is 1.43 bits per heavy atom. The van der Waals surface area contributed by atoms with E-state index in [1.165, 1.54) is 0 Å². The first-order valence-electron chi connectivity index (χ1n) is 7.95. The highest BCUT2D eigenvalue weighted by atomic mass is 35.5. The molecule has 0 saturated carbocycles. The molecule has 1 N–H and O–H groups in total. The Bertz CT molecular complexity index is 556. The summed E-state index contributed by atoms with van der Waals surface area (Å²) in [6.07, 6.45) is 1.02. The van der Waals surface area contributed by atoms with Gasteiger partial charge in [0.1, 0.15) is 0 Å². The molecule has 2 aromatic rings. The Labute approximate surface area is 144 Å². The molecule has 0 unspecified atom stereocenters. The number of carbonyl (C=O) groups is 1. The van der Waals surface area contributed by atoms with Gasteiger partial charge in [-0.05, 0) is 24.1 Å². The van der Waals surface area contributed by atoms with Gasteiger partial charge in [0.2, 0.25) is 5.91 Å². The lowest BCUT2D eigenvalue weighted by molar-refractivity contribution is -0.131. The van der Waals surface area contributed by atoms with E-state index >= 15 is 0 Å². The molecule has 1 amide bonds. The topological polar surface area (TPSA) is 32.3 Å². The zero-order valence-electron chi connectivity index (χ0n) is 13.2. The van der Waals surface area contributed by atoms with Crippen LogP contribution in [0.5, 0.6) is 0 Å². The van der Waals surface area contributed by atoms with Crippen LogP contribution in [0.2, 0.25) is 0 Å². The molecule has 1 saturated heterocycles. The molecule has 1 aliphatic rings. The summed E-state index contributed by atoms with van der Waals surface area (Å²) in [5, 5.41) is 3.36. The Morgan fingerprint density at radius 1 is 0.870 bits per heavy atom. The number of benzene rings is 2. The molecule has 0 aromatic heterocycles. The number of hydrogen-bond donors (Lipinski definition) is 1. The van der Waals surface area contributed by atoms with E-state index in [-0.39, 0.29) is 24.2 Å². The molecule has 0 bridgehead atoms. The second kappa shape index (κ2) is 8.70. The van der Waals surface area contributed by atoms with Gasteiger partial charge in [0.05, 0.1) is 5.92 Å². The van der Waals surface area contributed by atoms with Crippen molar-refractivity contribution in [2.24, 2.45) is 0 Å². The summed E-state index contributed by atoms with van der Waals surface area (Å²) < 4.78 is 0. The van der Waals surface area contributed by atoms with E-state index in [1.807, 2.05) is 65.6 Å². The van der Waals surface area contributed by atoms with E-state index in [4.69, 9.17) is 0 Å². The van der Waals surface area contributed by atoms with Crippen molar-refractivity contribution in [3.8, 4) is 0 Å². The van der Waals surface area contributed by atoms with Crippen LogP contribution < -0.4 is 5.32 Å². The lowest BCUT2D eigenvalue weighted by atomic mass is 9.90. The van der Waals surface area contributed by atoms with Crippen LogP contribution in [-0.4, -0.2) is 37.0 Å². The number of nitrogens with zero attached hydrogens (tertiary/aromatic N) is 1. The molecule has 0 radical (unpaired) electrons. The van der Waals surface area contributed by atoms with Crippen molar-refractivity contribution >= 4 is 18.3 Å². The SMILES string of the molecule is Cl.O=C(C(c1ccccc1)c1ccccc1)N1CCCNCC1. The average Bonchev–Trinajstić information content (AvgIpc) is 2.86. The Morgan fingerprint density at radius 3 is 2.00 bits per heavy atom. The Balaban J connectivity index is 0.00000192. The van der Waals surface area contributed by atoms with Gasteiger partial charge in [0.25, 0.3) is 0 Å². The van der Waals surface area contributed by atoms with Crippen LogP contribution in [0.15, 0.2) is 60.7 Å². The highest BCUT2D eigenvalue weighted by Crippen LogP contribution is 2.27. The number of nitrogens with one attached hydrogen (secondary N) is 1. The summed E-state index contributed by atoms with van der Waals surface area (Å²) in [5.41, 5.74) is 2.13.